The van der Waals surface area contributed by atoms with E-state index in [1.807, 2.05) is 0 Å². The van der Waals surface area contributed by atoms with Gasteiger partial charge in [-0.3, -0.25) is 10.1 Å². The molecule has 5 nitrogen and oxygen atoms in total. The van der Waals surface area contributed by atoms with Crippen LogP contribution in [0.25, 0.3) is 0 Å². The molecule has 0 aromatic carbocycles. The minimum absolute atomic E-state index is 0.0839. The molecule has 0 saturated heterocycles. The van der Waals surface area contributed by atoms with E-state index in [9.17, 15) is 15.2 Å². The summed E-state index contributed by atoms with van der Waals surface area (Å²) >= 11 is 0. The van der Waals surface area contributed by atoms with Crippen LogP contribution >= 0.6 is 0 Å². The van der Waals surface area contributed by atoms with Crippen molar-refractivity contribution in [2.75, 3.05) is 6.61 Å². The molecular weight excluding hydrogens is 150 g/mol. The van der Waals surface area contributed by atoms with E-state index in [1.165, 1.54) is 0 Å². The summed E-state index contributed by atoms with van der Waals surface area (Å²) in [4.78, 5) is 9.50. The highest BCUT2D eigenvalue weighted by molar-refractivity contribution is 4.63. The van der Waals surface area contributed by atoms with Crippen LogP contribution in [0.15, 0.2) is 0 Å². The molecule has 0 aromatic rings. The Balaban J connectivity index is 4.13. The number of nitrogens with zero attached hydrogens (tertiary/aromatic N) is 1. The molecule has 0 radical (unpaired) electrons. The maximum atomic E-state index is 10.2. The first-order valence-electron chi connectivity index (χ1n) is 3.54. The number of aliphatic hydroxyl groups excluding tert-OH is 1. The molecule has 0 amide bonds. The fourth-order valence-corrected chi connectivity index (χ4v) is 0.887. The molecule has 0 bridgehead atoms. The number of aliphatic hydroxyl groups is 2. The topological polar surface area (TPSA) is 83.6 Å². The van der Waals surface area contributed by atoms with E-state index >= 15 is 0 Å². The summed E-state index contributed by atoms with van der Waals surface area (Å²) in [5.74, 6) is 0. The molecule has 0 spiro atoms. The highest BCUT2D eigenvalue weighted by Crippen LogP contribution is 2.17. The Labute approximate surface area is 64.8 Å². The van der Waals surface area contributed by atoms with Gasteiger partial charge in [-0.25, -0.2) is 0 Å². The van der Waals surface area contributed by atoms with Crippen molar-refractivity contribution in [3.63, 3.8) is 0 Å². The highest BCUT2D eigenvalue weighted by atomic mass is 16.7. The van der Waals surface area contributed by atoms with Gasteiger partial charge in [-0.05, 0) is 6.42 Å². The first-order valence-corrected chi connectivity index (χ1v) is 3.54. The molecule has 0 aliphatic carbocycles. The Morgan fingerprint density at radius 1 is 1.55 bits per heavy atom. The van der Waals surface area contributed by atoms with Gasteiger partial charge in [-0.1, -0.05) is 6.92 Å². The van der Waals surface area contributed by atoms with Crippen molar-refractivity contribution >= 4 is 0 Å². The average molecular weight is 163 g/mol. The van der Waals surface area contributed by atoms with Crippen molar-refractivity contribution in [1.29, 1.82) is 0 Å². The molecular formula is C6H13NO4. The molecule has 66 valence electrons. The summed E-state index contributed by atoms with van der Waals surface area (Å²) in [6.07, 6.45) is 0.409. The van der Waals surface area contributed by atoms with Crippen LogP contribution in [0.3, 0.4) is 0 Å². The smallest absolute Gasteiger partial charge is 0.324 e. The maximum Gasteiger partial charge on any atom is 0.324 e. The first kappa shape index (κ1) is 10.3. The molecule has 2 N–H and O–H groups in total. The van der Waals surface area contributed by atoms with Gasteiger partial charge in [0, 0.05) is 6.42 Å². The van der Waals surface area contributed by atoms with Crippen LogP contribution in [0, 0.1) is 10.1 Å². The Morgan fingerprint density at radius 3 is 2.36 bits per heavy atom. The van der Waals surface area contributed by atoms with Crippen molar-refractivity contribution in [3.05, 3.63) is 10.1 Å². The van der Waals surface area contributed by atoms with Gasteiger partial charge >= 0.3 is 5.72 Å². The predicted octanol–water partition coefficient (Wildman–Crippen LogP) is 0.134. The Morgan fingerprint density at radius 2 is 2.09 bits per heavy atom. The highest BCUT2D eigenvalue weighted by Gasteiger charge is 2.38. The largest absolute Gasteiger partial charge is 0.396 e. The lowest BCUT2D eigenvalue weighted by atomic mass is 10.1. The van der Waals surface area contributed by atoms with Crippen molar-refractivity contribution < 1.29 is 15.1 Å². The van der Waals surface area contributed by atoms with Gasteiger partial charge in [0.05, 0.1) is 18.0 Å². The fraction of sp³-hybridized carbons (Fsp3) is 1.00. The Kier molecular flexibility index (Phi) is 3.99. The van der Waals surface area contributed by atoms with Crippen LogP contribution in [0.2, 0.25) is 0 Å². The van der Waals surface area contributed by atoms with Crippen LogP contribution in [0.4, 0.5) is 0 Å². The van der Waals surface area contributed by atoms with Gasteiger partial charge in [-0.2, -0.15) is 0 Å². The normalized spacial score (nSPS) is 15.9. The number of hydrogen-bond acceptors (Lipinski definition) is 4. The second-order valence-electron chi connectivity index (χ2n) is 2.46. The number of rotatable bonds is 5. The minimum Gasteiger partial charge on any atom is -0.396 e. The lowest BCUT2D eigenvalue weighted by Crippen LogP contribution is -2.38. The molecule has 1 atom stereocenters. The third-order valence-corrected chi connectivity index (χ3v) is 1.50. The van der Waals surface area contributed by atoms with Crippen LogP contribution in [0.5, 0.6) is 0 Å². The second-order valence-corrected chi connectivity index (χ2v) is 2.46. The van der Waals surface area contributed by atoms with Gasteiger partial charge in [0.1, 0.15) is 0 Å². The monoisotopic (exact) mass is 163 g/mol. The van der Waals surface area contributed by atoms with Crippen molar-refractivity contribution in [3.8, 4) is 0 Å². The van der Waals surface area contributed by atoms with E-state index in [0.29, 0.717) is 6.42 Å². The zero-order chi connectivity index (χ0) is 8.91. The molecule has 0 aromatic heterocycles. The van der Waals surface area contributed by atoms with Gasteiger partial charge in [0.2, 0.25) is 0 Å². The van der Waals surface area contributed by atoms with E-state index in [0.717, 1.165) is 0 Å². The van der Waals surface area contributed by atoms with Crippen LogP contribution in [-0.2, 0) is 0 Å². The summed E-state index contributed by atoms with van der Waals surface area (Å²) in [5, 5.41) is 27.9. The van der Waals surface area contributed by atoms with E-state index in [4.69, 9.17) is 5.11 Å². The van der Waals surface area contributed by atoms with Crippen LogP contribution in [0.1, 0.15) is 26.2 Å². The maximum absolute atomic E-state index is 10.2. The molecule has 0 saturated carbocycles. The SMILES string of the molecule is CCCC(O)(CCO)[N+](=O)[O-]. The zero-order valence-electron chi connectivity index (χ0n) is 6.49. The van der Waals surface area contributed by atoms with Crippen molar-refractivity contribution in [2.24, 2.45) is 0 Å². The van der Waals surface area contributed by atoms with Gasteiger partial charge < -0.3 is 10.2 Å². The van der Waals surface area contributed by atoms with E-state index in [1.54, 1.807) is 6.92 Å². The lowest BCUT2D eigenvalue weighted by Gasteiger charge is -2.16. The average Bonchev–Trinajstić information content (AvgIpc) is 1.88. The van der Waals surface area contributed by atoms with Crippen molar-refractivity contribution in [1.82, 2.24) is 0 Å². The molecule has 0 fully saturated rings. The molecule has 0 rings (SSSR count). The molecule has 5 heteroatoms. The third-order valence-electron chi connectivity index (χ3n) is 1.50. The fourth-order valence-electron chi connectivity index (χ4n) is 0.887. The second kappa shape index (κ2) is 4.25. The predicted molar refractivity (Wildman–Crippen MR) is 38.6 cm³/mol. The molecule has 0 aliphatic rings. The molecule has 11 heavy (non-hydrogen) atoms. The van der Waals surface area contributed by atoms with Gasteiger partial charge in [0.15, 0.2) is 0 Å². The van der Waals surface area contributed by atoms with Crippen molar-refractivity contribution in [2.45, 2.75) is 31.9 Å². The molecule has 0 heterocycles. The zero-order valence-corrected chi connectivity index (χ0v) is 6.49. The number of hydrogen-bond donors (Lipinski definition) is 2. The van der Waals surface area contributed by atoms with Crippen LogP contribution < -0.4 is 0 Å². The van der Waals surface area contributed by atoms with Crippen LogP contribution in [-0.4, -0.2) is 27.5 Å². The summed E-state index contributed by atoms with van der Waals surface area (Å²) in [7, 11) is 0. The Hall–Kier alpha value is -0.680. The summed E-state index contributed by atoms with van der Waals surface area (Å²) in [6.45, 7) is 1.38. The molecule has 0 aliphatic heterocycles. The molecule has 1 unspecified atom stereocenters. The summed E-state index contributed by atoms with van der Waals surface area (Å²) in [6, 6.07) is 0. The minimum atomic E-state index is -1.93. The van der Waals surface area contributed by atoms with E-state index in [-0.39, 0.29) is 19.4 Å². The summed E-state index contributed by atoms with van der Waals surface area (Å²) < 4.78 is 0. The quantitative estimate of drug-likeness (QED) is 0.343. The Bertz CT molecular complexity index is 131. The first-order chi connectivity index (χ1) is 5.06. The lowest BCUT2D eigenvalue weighted by molar-refractivity contribution is -0.627. The van der Waals surface area contributed by atoms with E-state index in [2.05, 4.69) is 0 Å². The summed E-state index contributed by atoms with van der Waals surface area (Å²) in [5.41, 5.74) is -1.93. The van der Waals surface area contributed by atoms with E-state index < -0.39 is 10.6 Å². The van der Waals surface area contributed by atoms with Gasteiger partial charge in [0.25, 0.3) is 0 Å². The van der Waals surface area contributed by atoms with Gasteiger partial charge in [-0.15, -0.1) is 0 Å². The standard InChI is InChI=1S/C6H13NO4/c1-2-3-6(9,4-5-8)7(10)11/h8-9H,2-5H2,1H3. The third kappa shape index (κ3) is 2.81. The number of nitro groups is 1.